The lowest BCUT2D eigenvalue weighted by Gasteiger charge is -2.19. The molecule has 0 aliphatic rings. The minimum atomic E-state index is 0.159. The summed E-state index contributed by atoms with van der Waals surface area (Å²) in [5.41, 5.74) is 8.94. The average Bonchev–Trinajstić information content (AvgIpc) is 2.48. The Kier molecular flexibility index (Phi) is 5.51. The Morgan fingerprint density at radius 1 is 1.24 bits per heavy atom. The van der Waals surface area contributed by atoms with E-state index in [9.17, 15) is 0 Å². The van der Waals surface area contributed by atoms with Gasteiger partial charge in [0.25, 0.3) is 0 Å². The van der Waals surface area contributed by atoms with Gasteiger partial charge in [0.15, 0.2) is 0 Å². The second kappa shape index (κ2) is 7.36. The van der Waals surface area contributed by atoms with E-state index in [4.69, 9.17) is 10.5 Å². The van der Waals surface area contributed by atoms with Crippen LogP contribution >= 0.6 is 15.9 Å². The fraction of sp³-hybridized carbons (Fsp3) is 0.294. The molecule has 112 valence electrons. The van der Waals surface area contributed by atoms with Crippen LogP contribution in [0, 0.1) is 0 Å². The fourth-order valence-electron chi connectivity index (χ4n) is 2.10. The highest BCUT2D eigenvalue weighted by molar-refractivity contribution is 9.10. The van der Waals surface area contributed by atoms with E-state index in [-0.39, 0.29) is 6.04 Å². The van der Waals surface area contributed by atoms with Gasteiger partial charge in [-0.3, -0.25) is 0 Å². The van der Waals surface area contributed by atoms with Crippen molar-refractivity contribution < 1.29 is 4.74 Å². The van der Waals surface area contributed by atoms with Gasteiger partial charge in [0, 0.05) is 10.5 Å². The van der Waals surface area contributed by atoms with Crippen LogP contribution in [0.5, 0.6) is 5.75 Å². The van der Waals surface area contributed by atoms with Crippen LogP contribution in [0.15, 0.2) is 46.9 Å². The van der Waals surface area contributed by atoms with Crippen LogP contribution in [0.25, 0.3) is 0 Å². The highest BCUT2D eigenvalue weighted by Gasteiger charge is 2.10. The number of para-hydroxylation sites is 1. The number of hydrogen-bond acceptors (Lipinski definition) is 3. The van der Waals surface area contributed by atoms with Crippen molar-refractivity contribution >= 4 is 27.3 Å². The topological polar surface area (TPSA) is 47.3 Å². The van der Waals surface area contributed by atoms with Crippen molar-refractivity contribution in [1.29, 1.82) is 0 Å². The van der Waals surface area contributed by atoms with E-state index in [1.807, 2.05) is 30.3 Å². The Balaban J connectivity index is 2.15. The van der Waals surface area contributed by atoms with Crippen molar-refractivity contribution in [3.05, 3.63) is 52.5 Å². The third kappa shape index (κ3) is 4.14. The summed E-state index contributed by atoms with van der Waals surface area (Å²) in [5.74, 6) is 0.739. The molecule has 0 radical (unpaired) electrons. The van der Waals surface area contributed by atoms with Gasteiger partial charge >= 0.3 is 0 Å². The molecule has 0 aliphatic heterocycles. The van der Waals surface area contributed by atoms with E-state index < -0.39 is 0 Å². The zero-order valence-electron chi connectivity index (χ0n) is 12.4. The SMILES string of the molecule is CCCOc1cccc(NC(C)c2cccc(Br)c2)c1N. The second-order valence-electron chi connectivity index (χ2n) is 4.99. The average molecular weight is 349 g/mol. The quantitative estimate of drug-likeness (QED) is 0.722. The maximum Gasteiger partial charge on any atom is 0.144 e. The number of benzene rings is 2. The summed E-state index contributed by atoms with van der Waals surface area (Å²) in [5, 5.41) is 3.44. The number of anilines is 2. The van der Waals surface area contributed by atoms with Crippen LogP contribution < -0.4 is 15.8 Å². The minimum Gasteiger partial charge on any atom is -0.491 e. The van der Waals surface area contributed by atoms with Crippen LogP contribution in [0.3, 0.4) is 0 Å². The van der Waals surface area contributed by atoms with Gasteiger partial charge in [-0.2, -0.15) is 0 Å². The molecule has 0 spiro atoms. The molecule has 0 saturated heterocycles. The summed E-state index contributed by atoms with van der Waals surface area (Å²) >= 11 is 3.50. The molecule has 21 heavy (non-hydrogen) atoms. The molecular weight excluding hydrogens is 328 g/mol. The third-order valence-electron chi connectivity index (χ3n) is 3.25. The molecule has 3 N–H and O–H groups in total. The predicted octanol–water partition coefficient (Wildman–Crippen LogP) is 4.99. The molecule has 0 fully saturated rings. The lowest BCUT2D eigenvalue weighted by atomic mass is 10.1. The molecule has 2 aromatic carbocycles. The highest BCUT2D eigenvalue weighted by Crippen LogP contribution is 2.32. The zero-order valence-corrected chi connectivity index (χ0v) is 14.0. The van der Waals surface area contributed by atoms with Crippen LogP contribution in [0.1, 0.15) is 31.9 Å². The number of ether oxygens (including phenoxy) is 1. The Labute approximate surface area is 134 Å². The maximum absolute atomic E-state index is 6.18. The summed E-state index contributed by atoms with van der Waals surface area (Å²) in [4.78, 5) is 0. The van der Waals surface area contributed by atoms with Crippen molar-refractivity contribution in [3.63, 3.8) is 0 Å². The molecule has 2 rings (SSSR count). The van der Waals surface area contributed by atoms with Gasteiger partial charge in [0.05, 0.1) is 18.0 Å². The largest absolute Gasteiger partial charge is 0.491 e. The summed E-state index contributed by atoms with van der Waals surface area (Å²) in [6.07, 6.45) is 0.964. The highest BCUT2D eigenvalue weighted by atomic mass is 79.9. The second-order valence-corrected chi connectivity index (χ2v) is 5.90. The Hall–Kier alpha value is -1.68. The van der Waals surface area contributed by atoms with E-state index >= 15 is 0 Å². The number of nitrogen functional groups attached to an aromatic ring is 1. The van der Waals surface area contributed by atoms with Crippen molar-refractivity contribution in [1.82, 2.24) is 0 Å². The lowest BCUT2D eigenvalue weighted by molar-refractivity contribution is 0.319. The van der Waals surface area contributed by atoms with Gasteiger partial charge in [0.1, 0.15) is 5.75 Å². The third-order valence-corrected chi connectivity index (χ3v) is 3.74. The molecule has 2 aromatic rings. The molecule has 0 bridgehead atoms. The summed E-state index contributed by atoms with van der Waals surface area (Å²) < 4.78 is 6.73. The first-order valence-electron chi connectivity index (χ1n) is 7.15. The van der Waals surface area contributed by atoms with Gasteiger partial charge in [0.2, 0.25) is 0 Å². The molecule has 0 amide bonds. The maximum atomic E-state index is 6.18. The first kappa shape index (κ1) is 15.7. The van der Waals surface area contributed by atoms with Gasteiger partial charge in [-0.25, -0.2) is 0 Å². The molecule has 0 heterocycles. The minimum absolute atomic E-state index is 0.159. The molecule has 3 nitrogen and oxygen atoms in total. The number of halogens is 1. The standard InChI is InChI=1S/C17H21BrN2O/c1-3-10-21-16-9-5-8-15(17(16)19)20-12(2)13-6-4-7-14(18)11-13/h4-9,11-12,20H,3,10,19H2,1-2H3. The van der Waals surface area contributed by atoms with Crippen LogP contribution in [-0.2, 0) is 0 Å². The van der Waals surface area contributed by atoms with E-state index in [1.54, 1.807) is 0 Å². The Morgan fingerprint density at radius 2 is 2.00 bits per heavy atom. The Morgan fingerprint density at radius 3 is 2.71 bits per heavy atom. The number of rotatable bonds is 6. The van der Waals surface area contributed by atoms with E-state index in [0.29, 0.717) is 12.3 Å². The lowest BCUT2D eigenvalue weighted by Crippen LogP contribution is -2.09. The fourth-order valence-corrected chi connectivity index (χ4v) is 2.52. The smallest absolute Gasteiger partial charge is 0.144 e. The van der Waals surface area contributed by atoms with E-state index in [2.05, 4.69) is 47.2 Å². The summed E-state index contributed by atoms with van der Waals surface area (Å²) in [6.45, 7) is 4.86. The number of hydrogen-bond donors (Lipinski definition) is 2. The molecule has 4 heteroatoms. The summed E-state index contributed by atoms with van der Waals surface area (Å²) in [6, 6.07) is 14.2. The number of nitrogens with one attached hydrogen (secondary N) is 1. The molecule has 1 unspecified atom stereocenters. The van der Waals surface area contributed by atoms with Crippen LogP contribution in [0.2, 0.25) is 0 Å². The van der Waals surface area contributed by atoms with Gasteiger partial charge in [-0.05, 0) is 43.2 Å². The molecular formula is C17H21BrN2O. The van der Waals surface area contributed by atoms with Crippen LogP contribution in [0.4, 0.5) is 11.4 Å². The van der Waals surface area contributed by atoms with Crippen molar-refractivity contribution in [2.24, 2.45) is 0 Å². The van der Waals surface area contributed by atoms with Gasteiger partial charge in [-0.15, -0.1) is 0 Å². The van der Waals surface area contributed by atoms with Crippen molar-refractivity contribution in [2.75, 3.05) is 17.7 Å². The predicted molar refractivity (Wildman–Crippen MR) is 92.8 cm³/mol. The Bertz CT molecular complexity index is 601. The molecule has 1 atom stereocenters. The van der Waals surface area contributed by atoms with Crippen molar-refractivity contribution in [3.8, 4) is 5.75 Å². The first-order valence-corrected chi connectivity index (χ1v) is 7.94. The zero-order chi connectivity index (χ0) is 15.2. The van der Waals surface area contributed by atoms with Gasteiger partial charge < -0.3 is 15.8 Å². The normalized spacial score (nSPS) is 12.0. The first-order chi connectivity index (χ1) is 10.1. The van der Waals surface area contributed by atoms with Crippen LogP contribution in [-0.4, -0.2) is 6.61 Å². The molecule has 0 aromatic heterocycles. The van der Waals surface area contributed by atoms with E-state index in [0.717, 1.165) is 22.3 Å². The molecule has 0 saturated carbocycles. The number of nitrogens with two attached hydrogens (primary N) is 1. The monoisotopic (exact) mass is 348 g/mol. The van der Waals surface area contributed by atoms with E-state index in [1.165, 1.54) is 5.56 Å². The van der Waals surface area contributed by atoms with Crippen molar-refractivity contribution in [2.45, 2.75) is 26.3 Å². The summed E-state index contributed by atoms with van der Waals surface area (Å²) in [7, 11) is 0. The van der Waals surface area contributed by atoms with Gasteiger partial charge in [-0.1, -0.05) is 41.1 Å². The molecule has 0 aliphatic carbocycles.